The monoisotopic (exact) mass is 2110 g/mol. The van der Waals surface area contributed by atoms with Crippen molar-refractivity contribution in [1.29, 1.82) is 0 Å². The van der Waals surface area contributed by atoms with Gasteiger partial charge in [0.25, 0.3) is 0 Å². The fourth-order valence-corrected chi connectivity index (χ4v) is 18.7. The summed E-state index contributed by atoms with van der Waals surface area (Å²) in [4.78, 5) is 256. The van der Waals surface area contributed by atoms with Crippen LogP contribution in [0.25, 0.3) is 0 Å². The summed E-state index contributed by atoms with van der Waals surface area (Å²) in [6, 6.07) is -3.39. The number of nitrogens with zero attached hydrogens (tertiary/aromatic N) is 2. The second kappa shape index (κ2) is 70.4. The van der Waals surface area contributed by atoms with Crippen molar-refractivity contribution in [2.45, 2.75) is 414 Å². The maximum atomic E-state index is 14.1. The molecular weight excluding hydrogens is 1940 g/mol. The Balaban J connectivity index is 1.14. The number of ether oxygens (including phenoxy) is 15. The third-order valence-electron chi connectivity index (χ3n) is 26.3. The number of carbonyl (C=O) groups is 20. The molecular formula is C103H168N10O35. The quantitative estimate of drug-likeness (QED) is 0.0186. The zero-order chi connectivity index (χ0) is 109. The van der Waals surface area contributed by atoms with Crippen molar-refractivity contribution in [2.75, 3.05) is 98.5 Å². The van der Waals surface area contributed by atoms with Gasteiger partial charge in [0, 0.05) is 225 Å². The summed E-state index contributed by atoms with van der Waals surface area (Å²) >= 11 is 0. The van der Waals surface area contributed by atoms with Crippen molar-refractivity contribution in [3.05, 3.63) is 0 Å². The Kier molecular flexibility index (Phi) is 60.8. The van der Waals surface area contributed by atoms with Gasteiger partial charge in [0.1, 0.15) is 62.0 Å². The standard InChI is InChI=1S/C103H168N10O35/c1-65(2)80(126)36-21-22-38-88(131)108-64-103(63-107-87(130)37-18-15-26-50-104-84(127)39-23-29-57-134-100-91(109-66(3)114)97(143-75(12)123)94(140-72(9)120)81(146-100)60-137-69(6)117,48-32-34-78-44-53-112(54-45-78)89(132)42-19-16-27-51-105-85(128)40-24-30-58-135-101-92(110-67(4)115)98(144-76(13)124)95(141-73(10)121)82(147-101)61-138-70(7)118)49-33-35-79-46-55-113(56-47-79)90(133)43-20-17-28-52-106-86(129)41-25-31-59-136-102-93(111-68(5)116)99(145-77(14)125)96(142-74(11)122)83(148-102)62-139-71(8)119/h65,78-79,81-83,91-102H,15-64H2,1-14H3,(H,104,127)(H,105,128)(H,106,129)(H,107,130)(H,108,131)(H,109,114)(H,110,115)(H,111,116). The Morgan fingerprint density at radius 3 is 0.824 bits per heavy atom. The predicted octanol–water partition coefficient (Wildman–Crippen LogP) is 6.37. The van der Waals surface area contributed by atoms with Crippen LogP contribution in [0.3, 0.4) is 0 Å². The Morgan fingerprint density at radius 1 is 0.297 bits per heavy atom. The van der Waals surface area contributed by atoms with E-state index in [-0.39, 0.29) is 118 Å². The molecule has 148 heavy (non-hydrogen) atoms. The van der Waals surface area contributed by atoms with E-state index in [1.807, 2.05) is 23.6 Å². The largest absolute Gasteiger partial charge is 0.463 e. The van der Waals surface area contributed by atoms with Gasteiger partial charge in [-0.25, -0.2) is 0 Å². The van der Waals surface area contributed by atoms with Gasteiger partial charge < -0.3 is 123 Å². The smallest absolute Gasteiger partial charge is 0.303 e. The van der Waals surface area contributed by atoms with Gasteiger partial charge in [-0.2, -0.15) is 0 Å². The highest BCUT2D eigenvalue weighted by molar-refractivity contribution is 5.82. The van der Waals surface area contributed by atoms with Gasteiger partial charge in [-0.15, -0.1) is 0 Å². The van der Waals surface area contributed by atoms with E-state index in [1.54, 1.807) is 0 Å². The molecule has 45 heteroatoms. The van der Waals surface area contributed by atoms with Crippen molar-refractivity contribution < 1.29 is 167 Å². The second-order valence-corrected chi connectivity index (χ2v) is 39.4. The number of piperidine rings is 2. The van der Waals surface area contributed by atoms with Gasteiger partial charge in [0.15, 0.2) is 55.5 Å². The number of rotatable bonds is 69. The van der Waals surface area contributed by atoms with Crippen LogP contribution in [0.4, 0.5) is 0 Å². The minimum Gasteiger partial charge on any atom is -0.463 e. The van der Waals surface area contributed by atoms with Crippen LogP contribution in [0.2, 0.25) is 0 Å². The highest BCUT2D eigenvalue weighted by atomic mass is 16.7. The molecule has 5 fully saturated rings. The highest BCUT2D eigenvalue weighted by Gasteiger charge is 2.55. The molecule has 0 bridgehead atoms. The van der Waals surface area contributed by atoms with Crippen molar-refractivity contribution >= 4 is 119 Å². The molecule has 15 unspecified atom stereocenters. The summed E-state index contributed by atoms with van der Waals surface area (Å²) in [7, 11) is 0. The van der Waals surface area contributed by atoms with E-state index in [1.165, 1.54) is 41.5 Å². The van der Waals surface area contributed by atoms with E-state index in [2.05, 4.69) is 42.5 Å². The van der Waals surface area contributed by atoms with E-state index in [4.69, 9.17) is 71.1 Å². The molecule has 45 nitrogen and oxygen atoms in total. The lowest BCUT2D eigenvalue weighted by atomic mass is 9.75. The Labute approximate surface area is 869 Å². The first-order valence-corrected chi connectivity index (χ1v) is 52.9. The molecule has 5 aliphatic rings. The molecule has 0 spiro atoms. The van der Waals surface area contributed by atoms with Crippen LogP contribution in [0.1, 0.15) is 322 Å². The molecule has 5 aliphatic heterocycles. The normalized spacial score (nSPS) is 22.3. The predicted molar refractivity (Wildman–Crippen MR) is 529 cm³/mol. The summed E-state index contributed by atoms with van der Waals surface area (Å²) in [6.45, 7) is 21.0. The van der Waals surface area contributed by atoms with Crippen LogP contribution in [0.5, 0.6) is 0 Å². The lowest BCUT2D eigenvalue weighted by Gasteiger charge is -2.44. The van der Waals surface area contributed by atoms with Crippen molar-refractivity contribution in [3.63, 3.8) is 0 Å². The van der Waals surface area contributed by atoms with E-state index >= 15 is 0 Å². The zero-order valence-electron chi connectivity index (χ0n) is 89.4. The summed E-state index contributed by atoms with van der Waals surface area (Å²) in [5.41, 5.74) is -0.565. The molecule has 5 rings (SSSR count). The number of nitrogens with one attached hydrogen (secondary N) is 8. The van der Waals surface area contributed by atoms with Crippen LogP contribution < -0.4 is 42.5 Å². The van der Waals surface area contributed by atoms with E-state index < -0.39 is 175 Å². The van der Waals surface area contributed by atoms with Crippen LogP contribution in [-0.4, -0.2) is 319 Å². The third kappa shape index (κ3) is 52.2. The maximum absolute atomic E-state index is 14.1. The van der Waals surface area contributed by atoms with E-state index in [0.717, 1.165) is 92.9 Å². The van der Waals surface area contributed by atoms with Crippen molar-refractivity contribution in [2.24, 2.45) is 23.2 Å². The van der Waals surface area contributed by atoms with Gasteiger partial charge >= 0.3 is 53.7 Å². The average Bonchev–Trinajstić information content (AvgIpc) is 0.791. The molecule has 5 saturated heterocycles. The fourth-order valence-electron chi connectivity index (χ4n) is 18.7. The average molecular weight is 2110 g/mol. The number of carbonyl (C=O) groups excluding carboxylic acids is 20. The molecule has 0 radical (unpaired) electrons. The first kappa shape index (κ1) is 128. The number of ketones is 1. The molecule has 0 aromatic carbocycles. The minimum atomic E-state index is -1.29. The Hall–Kier alpha value is -10.6. The first-order valence-electron chi connectivity index (χ1n) is 52.9. The van der Waals surface area contributed by atoms with E-state index in [0.29, 0.717) is 212 Å². The number of hydrogen-bond donors (Lipinski definition) is 8. The van der Waals surface area contributed by atoms with Gasteiger partial charge in [0.05, 0.1) is 0 Å². The molecule has 0 aromatic rings. The van der Waals surface area contributed by atoms with E-state index in [9.17, 15) is 95.9 Å². The second-order valence-electron chi connectivity index (χ2n) is 39.4. The summed E-state index contributed by atoms with van der Waals surface area (Å²) < 4.78 is 84.8. The summed E-state index contributed by atoms with van der Waals surface area (Å²) in [5, 5.41) is 23.4. The first-order chi connectivity index (χ1) is 70.4. The Morgan fingerprint density at radius 2 is 0.554 bits per heavy atom. The highest BCUT2D eigenvalue weighted by Crippen LogP contribution is 2.38. The molecule has 0 aliphatic carbocycles. The maximum Gasteiger partial charge on any atom is 0.303 e. The lowest BCUT2D eigenvalue weighted by Crippen LogP contribution is -2.66. The third-order valence-corrected chi connectivity index (χ3v) is 26.3. The minimum absolute atomic E-state index is 0.0329. The van der Waals surface area contributed by atoms with Crippen LogP contribution in [0.15, 0.2) is 0 Å². The van der Waals surface area contributed by atoms with Crippen LogP contribution in [0, 0.1) is 23.2 Å². The molecule has 840 valence electrons. The van der Waals surface area contributed by atoms with Crippen molar-refractivity contribution in [1.82, 2.24) is 52.3 Å². The number of unbranched alkanes of at least 4 members (excludes halogenated alkanes) is 10. The zero-order valence-corrected chi connectivity index (χ0v) is 89.4. The summed E-state index contributed by atoms with van der Waals surface area (Å²) in [5.74, 6) is -7.98. The van der Waals surface area contributed by atoms with Gasteiger partial charge in [-0.05, 0) is 140 Å². The lowest BCUT2D eigenvalue weighted by molar-refractivity contribution is -0.277. The fraction of sp³-hybridized carbons (Fsp3) is 0.806. The number of hydrogen-bond acceptors (Lipinski definition) is 35. The molecule has 0 aromatic heterocycles. The molecule has 8 N–H and O–H groups in total. The number of likely N-dealkylation sites (tertiary alicyclic amines) is 2. The summed E-state index contributed by atoms with van der Waals surface area (Å²) in [6.07, 6.45) is 4.46. The van der Waals surface area contributed by atoms with Gasteiger partial charge in [-0.3, -0.25) is 95.9 Å². The van der Waals surface area contributed by atoms with Gasteiger partial charge in [-0.1, -0.05) is 58.8 Å². The number of amides is 10. The van der Waals surface area contributed by atoms with Crippen LogP contribution >= 0.6 is 0 Å². The van der Waals surface area contributed by atoms with Crippen LogP contribution in [-0.2, 0) is 167 Å². The number of esters is 9. The number of Topliss-reactive ketones (excluding diaryl/α,β-unsaturated/α-hetero) is 1. The Bertz CT molecular complexity index is 4050. The molecule has 15 atom stereocenters. The van der Waals surface area contributed by atoms with Crippen molar-refractivity contribution in [3.8, 4) is 0 Å². The molecule has 0 saturated carbocycles. The molecule has 10 amide bonds. The van der Waals surface area contributed by atoms with Gasteiger partial charge in [0.2, 0.25) is 59.1 Å². The SMILES string of the molecule is CC(=O)NC1C(OCCCCC(=O)NCCCCCC(=O)NCC(CCCC2CCN(C(=O)CCCCCNC(=O)CCCCOC3OC(COC(C)=O)C(OC(C)=O)C(OC(C)=O)C3NC(C)=O)CC2)(CCCC2CCN(C(=O)CCCCCNC(=O)CCCCOC3OC(COC(C)=O)C(OC(C)=O)C(OC(C)=O)C3NC(C)=O)CC2)CNC(=O)CCCCC(=O)C(C)C)OC(COC(C)=O)C(OC(C)=O)C1OC(C)=O. The topological polar surface area (TPSA) is 583 Å². The molecule has 5 heterocycles.